The summed E-state index contributed by atoms with van der Waals surface area (Å²) in [6, 6.07) is 4.05. The summed E-state index contributed by atoms with van der Waals surface area (Å²) in [6.07, 6.45) is -4.67. The molecule has 1 aromatic carbocycles. The van der Waals surface area contributed by atoms with Gasteiger partial charge in [0, 0.05) is 12.2 Å². The van der Waals surface area contributed by atoms with Crippen LogP contribution in [-0.2, 0) is 12.7 Å². The molecule has 0 saturated heterocycles. The number of hydrogen-bond donors (Lipinski definition) is 1. The molecule has 0 radical (unpaired) electrons. The molecular weight excluding hydrogens is 327 g/mol. The summed E-state index contributed by atoms with van der Waals surface area (Å²) in [4.78, 5) is 15.7. The van der Waals surface area contributed by atoms with Crippen molar-refractivity contribution in [2.75, 3.05) is 5.32 Å². The second kappa shape index (κ2) is 5.62. The van der Waals surface area contributed by atoms with Gasteiger partial charge in [0.25, 0.3) is 5.91 Å². The van der Waals surface area contributed by atoms with Crippen LogP contribution in [0, 0.1) is 6.92 Å². The molecule has 0 aliphatic carbocycles. The van der Waals surface area contributed by atoms with Crippen molar-refractivity contribution < 1.29 is 22.4 Å². The summed E-state index contributed by atoms with van der Waals surface area (Å²) in [7, 11) is 0. The molecule has 2 heterocycles. The van der Waals surface area contributed by atoms with E-state index in [1.54, 1.807) is 6.92 Å². The van der Waals surface area contributed by atoms with Crippen LogP contribution in [0.15, 0.2) is 22.6 Å². The maximum absolute atomic E-state index is 12.6. The fraction of sp³-hybridized carbons (Fsp3) is 0.286. The molecule has 0 saturated carbocycles. The summed E-state index contributed by atoms with van der Waals surface area (Å²) in [5.41, 5.74) is 1.01. The lowest BCUT2D eigenvalue weighted by Crippen LogP contribution is -2.18. The van der Waals surface area contributed by atoms with E-state index in [1.807, 2.05) is 6.92 Å². The molecule has 7 nitrogen and oxygen atoms in total. The van der Waals surface area contributed by atoms with Crippen molar-refractivity contribution >= 4 is 22.7 Å². The number of aryl methyl sites for hydroxylation is 2. The lowest BCUT2D eigenvalue weighted by atomic mass is 10.2. The third kappa shape index (κ3) is 2.82. The average molecular weight is 339 g/mol. The Labute approximate surface area is 133 Å². The van der Waals surface area contributed by atoms with Gasteiger partial charge in [-0.3, -0.25) is 4.79 Å². The number of amides is 1. The van der Waals surface area contributed by atoms with Crippen LogP contribution >= 0.6 is 0 Å². The lowest BCUT2D eigenvalue weighted by Gasteiger charge is -2.06. The van der Waals surface area contributed by atoms with Gasteiger partial charge in [0.2, 0.25) is 0 Å². The van der Waals surface area contributed by atoms with E-state index in [-0.39, 0.29) is 22.5 Å². The van der Waals surface area contributed by atoms with Gasteiger partial charge >= 0.3 is 12.1 Å². The van der Waals surface area contributed by atoms with E-state index in [0.29, 0.717) is 12.2 Å². The third-order valence-electron chi connectivity index (χ3n) is 3.31. The Hall–Kier alpha value is -2.91. The number of anilines is 1. The number of alkyl halides is 3. The van der Waals surface area contributed by atoms with Crippen LogP contribution in [0.4, 0.5) is 18.9 Å². The summed E-state index contributed by atoms with van der Waals surface area (Å²) in [5.74, 6) is -1.79. The number of nitrogens with one attached hydrogen (secondary N) is 1. The Morgan fingerprint density at radius 2 is 2.12 bits per heavy atom. The normalized spacial score (nSPS) is 11.9. The molecule has 0 unspecified atom stereocenters. The van der Waals surface area contributed by atoms with E-state index in [1.165, 1.54) is 22.9 Å². The second-order valence-electron chi connectivity index (χ2n) is 4.99. The van der Waals surface area contributed by atoms with Crippen LogP contribution < -0.4 is 5.32 Å². The number of hydrogen-bond acceptors (Lipinski definition) is 5. The molecule has 1 amide bonds. The SMILES string of the molecule is CCn1nnc(C)c1C(=O)Nc1ccc2oc(C(F)(F)F)nc2c1. The third-order valence-corrected chi connectivity index (χ3v) is 3.31. The highest BCUT2D eigenvalue weighted by molar-refractivity contribution is 6.04. The van der Waals surface area contributed by atoms with Crippen molar-refractivity contribution in [3.8, 4) is 0 Å². The minimum atomic E-state index is -4.67. The second-order valence-corrected chi connectivity index (χ2v) is 4.99. The molecule has 0 bridgehead atoms. The van der Waals surface area contributed by atoms with Gasteiger partial charge < -0.3 is 9.73 Å². The molecule has 3 rings (SSSR count). The zero-order valence-corrected chi connectivity index (χ0v) is 12.7. The molecule has 1 N–H and O–H groups in total. The zero-order chi connectivity index (χ0) is 17.5. The Morgan fingerprint density at radius 1 is 1.38 bits per heavy atom. The Balaban J connectivity index is 1.90. The Morgan fingerprint density at radius 3 is 2.79 bits per heavy atom. The predicted octanol–water partition coefficient (Wildman–Crippen LogP) is 3.02. The first-order valence-electron chi connectivity index (χ1n) is 6.99. The minimum absolute atomic E-state index is 0.000953. The number of nitrogens with zero attached hydrogens (tertiary/aromatic N) is 4. The Kier molecular flexibility index (Phi) is 3.74. The van der Waals surface area contributed by atoms with Crippen molar-refractivity contribution in [1.82, 2.24) is 20.0 Å². The monoisotopic (exact) mass is 339 g/mol. The lowest BCUT2D eigenvalue weighted by molar-refractivity contribution is -0.156. The quantitative estimate of drug-likeness (QED) is 0.793. The number of oxazole rings is 1. The first-order valence-corrected chi connectivity index (χ1v) is 6.99. The maximum Gasteiger partial charge on any atom is 0.468 e. The van der Waals surface area contributed by atoms with Gasteiger partial charge in [-0.25, -0.2) is 9.67 Å². The highest BCUT2D eigenvalue weighted by Crippen LogP contribution is 2.31. The molecule has 0 spiro atoms. The highest BCUT2D eigenvalue weighted by atomic mass is 19.4. The van der Waals surface area contributed by atoms with Gasteiger partial charge in [0.05, 0.1) is 5.69 Å². The summed E-state index contributed by atoms with van der Waals surface area (Å²) in [5, 5.41) is 10.3. The van der Waals surface area contributed by atoms with Crippen molar-refractivity contribution in [3.63, 3.8) is 0 Å². The number of carbonyl (C=O) groups excluding carboxylic acids is 1. The first kappa shape index (κ1) is 16.0. The van der Waals surface area contributed by atoms with Gasteiger partial charge in [0.1, 0.15) is 11.2 Å². The van der Waals surface area contributed by atoms with E-state index in [9.17, 15) is 18.0 Å². The predicted molar refractivity (Wildman–Crippen MR) is 77.4 cm³/mol. The number of carbonyl (C=O) groups is 1. The standard InChI is InChI=1S/C14H12F3N5O2/c1-3-22-11(7(2)20-21-22)12(23)18-8-4-5-10-9(6-8)19-13(24-10)14(15,16)17/h4-6H,3H2,1-2H3,(H,18,23). The van der Waals surface area contributed by atoms with E-state index in [0.717, 1.165) is 0 Å². The zero-order valence-electron chi connectivity index (χ0n) is 12.7. The number of aromatic nitrogens is 4. The van der Waals surface area contributed by atoms with Gasteiger partial charge in [-0.15, -0.1) is 5.10 Å². The van der Waals surface area contributed by atoms with Crippen LogP contribution in [0.25, 0.3) is 11.1 Å². The number of halogens is 3. The van der Waals surface area contributed by atoms with Gasteiger partial charge in [-0.05, 0) is 32.0 Å². The van der Waals surface area contributed by atoms with Crippen molar-refractivity contribution in [2.24, 2.45) is 0 Å². The topological polar surface area (TPSA) is 85.8 Å². The number of benzene rings is 1. The minimum Gasteiger partial charge on any atom is -0.433 e. The fourth-order valence-corrected chi connectivity index (χ4v) is 2.22. The molecule has 126 valence electrons. The van der Waals surface area contributed by atoms with E-state index in [4.69, 9.17) is 0 Å². The molecular formula is C14H12F3N5O2. The fourth-order valence-electron chi connectivity index (χ4n) is 2.22. The molecule has 24 heavy (non-hydrogen) atoms. The molecule has 3 aromatic rings. The molecule has 10 heteroatoms. The summed E-state index contributed by atoms with van der Waals surface area (Å²) >= 11 is 0. The molecule has 0 aliphatic heterocycles. The van der Waals surface area contributed by atoms with E-state index < -0.39 is 18.0 Å². The van der Waals surface area contributed by atoms with Crippen molar-refractivity contribution in [3.05, 3.63) is 35.5 Å². The summed E-state index contributed by atoms with van der Waals surface area (Å²) < 4.78 is 43.9. The van der Waals surface area contributed by atoms with Crippen molar-refractivity contribution in [1.29, 1.82) is 0 Å². The van der Waals surface area contributed by atoms with E-state index in [2.05, 4.69) is 25.0 Å². The molecule has 2 aromatic heterocycles. The molecule has 0 aliphatic rings. The van der Waals surface area contributed by atoms with Crippen LogP contribution in [0.3, 0.4) is 0 Å². The first-order chi connectivity index (χ1) is 11.3. The van der Waals surface area contributed by atoms with Gasteiger partial charge in [-0.1, -0.05) is 5.21 Å². The number of rotatable bonds is 3. The van der Waals surface area contributed by atoms with Gasteiger partial charge in [-0.2, -0.15) is 13.2 Å². The van der Waals surface area contributed by atoms with Crippen LogP contribution in [0.5, 0.6) is 0 Å². The number of fused-ring (bicyclic) bond motifs is 1. The van der Waals surface area contributed by atoms with Crippen molar-refractivity contribution in [2.45, 2.75) is 26.6 Å². The van der Waals surface area contributed by atoms with Crippen LogP contribution in [0.1, 0.15) is 29.0 Å². The summed E-state index contributed by atoms with van der Waals surface area (Å²) in [6.45, 7) is 3.91. The molecule has 0 fully saturated rings. The largest absolute Gasteiger partial charge is 0.468 e. The van der Waals surface area contributed by atoms with Crippen LogP contribution in [-0.4, -0.2) is 25.9 Å². The average Bonchev–Trinajstić information content (AvgIpc) is 3.09. The van der Waals surface area contributed by atoms with E-state index >= 15 is 0 Å². The maximum atomic E-state index is 12.6. The van der Waals surface area contributed by atoms with Gasteiger partial charge in [0.15, 0.2) is 5.58 Å². The van der Waals surface area contributed by atoms with Crippen LogP contribution in [0.2, 0.25) is 0 Å². The molecule has 0 atom stereocenters. The smallest absolute Gasteiger partial charge is 0.433 e. The highest BCUT2D eigenvalue weighted by Gasteiger charge is 2.37. The Bertz CT molecular complexity index is 913.